The maximum absolute atomic E-state index is 12.2. The molecule has 0 saturated carbocycles. The number of hydrogen-bond donors (Lipinski definition) is 0. The second-order valence-corrected chi connectivity index (χ2v) is 7.08. The number of amides is 2. The van der Waals surface area contributed by atoms with Crippen LogP contribution in [0.25, 0.3) is 0 Å². The van der Waals surface area contributed by atoms with Crippen molar-refractivity contribution >= 4 is 17.9 Å². The second kappa shape index (κ2) is 8.24. The third-order valence-electron chi connectivity index (χ3n) is 5.05. The average Bonchev–Trinajstić information content (AvgIpc) is 3.17. The number of imidazole rings is 1. The maximum atomic E-state index is 12.2. The van der Waals surface area contributed by atoms with Gasteiger partial charge in [0.2, 0.25) is 11.9 Å². The molecule has 0 spiro atoms. The molecule has 1 aromatic carbocycles. The lowest BCUT2D eigenvalue weighted by Gasteiger charge is -2.25. The molecule has 2 aromatic rings. The van der Waals surface area contributed by atoms with Crippen molar-refractivity contribution in [2.45, 2.75) is 39.3 Å². The minimum absolute atomic E-state index is 0.150. The van der Waals surface area contributed by atoms with E-state index in [1.54, 1.807) is 17.8 Å². The Morgan fingerprint density at radius 3 is 2.74 bits per heavy atom. The van der Waals surface area contributed by atoms with Gasteiger partial charge in [0, 0.05) is 20.0 Å². The fraction of sp³-hybridized carbons (Fsp3) is 0.450. The number of carbonyl (C=O) groups excluding carboxylic acids is 2. The van der Waals surface area contributed by atoms with Crippen LogP contribution in [0.1, 0.15) is 37.4 Å². The molecule has 1 atom stereocenters. The van der Waals surface area contributed by atoms with Gasteiger partial charge < -0.3 is 19.4 Å². The van der Waals surface area contributed by atoms with Crippen LogP contribution in [0.5, 0.6) is 0 Å². The van der Waals surface area contributed by atoms with Gasteiger partial charge in [-0.25, -0.2) is 4.98 Å². The lowest BCUT2D eigenvalue weighted by atomic mass is 10.0. The summed E-state index contributed by atoms with van der Waals surface area (Å²) in [7, 11) is 1.77. The van der Waals surface area contributed by atoms with Crippen LogP contribution in [0, 0.1) is 5.92 Å². The van der Waals surface area contributed by atoms with Crippen molar-refractivity contribution in [1.29, 1.82) is 0 Å². The summed E-state index contributed by atoms with van der Waals surface area (Å²) < 4.78 is 1.72. The van der Waals surface area contributed by atoms with Crippen LogP contribution in [0.4, 0.5) is 10.7 Å². The Hall–Kier alpha value is -2.83. The van der Waals surface area contributed by atoms with E-state index in [0.29, 0.717) is 24.8 Å². The first-order chi connectivity index (χ1) is 13.0. The van der Waals surface area contributed by atoms with Crippen LogP contribution >= 0.6 is 0 Å². The summed E-state index contributed by atoms with van der Waals surface area (Å²) in [5, 5.41) is 11.7. The first-order valence-electron chi connectivity index (χ1n) is 9.30. The lowest BCUT2D eigenvalue weighted by Crippen LogP contribution is -2.42. The van der Waals surface area contributed by atoms with Gasteiger partial charge in [-0.3, -0.25) is 9.69 Å². The van der Waals surface area contributed by atoms with E-state index >= 15 is 0 Å². The predicted octanol–water partition coefficient (Wildman–Crippen LogP) is 1.92. The van der Waals surface area contributed by atoms with E-state index in [1.807, 2.05) is 35.2 Å². The van der Waals surface area contributed by atoms with Crippen LogP contribution in [0.15, 0.2) is 36.5 Å². The van der Waals surface area contributed by atoms with Gasteiger partial charge in [-0.1, -0.05) is 43.7 Å². The van der Waals surface area contributed by atoms with Gasteiger partial charge >= 0.3 is 0 Å². The molecule has 2 heterocycles. The van der Waals surface area contributed by atoms with Gasteiger partial charge in [-0.05, 0) is 17.9 Å². The highest BCUT2D eigenvalue weighted by Gasteiger charge is 2.29. The summed E-state index contributed by atoms with van der Waals surface area (Å²) in [6, 6.07) is 9.31. The van der Waals surface area contributed by atoms with Crippen LogP contribution in [-0.2, 0) is 24.9 Å². The number of hydrogen-bond acceptors (Lipinski definition) is 4. The number of carbonyl (C=O) groups is 2. The minimum atomic E-state index is -1.31. The monoisotopic (exact) mass is 369 g/mol. The first kappa shape index (κ1) is 18.9. The minimum Gasteiger partial charge on any atom is -0.530 e. The second-order valence-electron chi connectivity index (χ2n) is 7.08. The van der Waals surface area contributed by atoms with E-state index in [-0.39, 0.29) is 12.5 Å². The number of nitrogens with zero attached hydrogens (tertiary/aromatic N) is 4. The first-order valence-corrected chi connectivity index (χ1v) is 9.30. The van der Waals surface area contributed by atoms with Crippen molar-refractivity contribution < 1.29 is 14.7 Å². The third-order valence-corrected chi connectivity index (χ3v) is 5.05. The van der Waals surface area contributed by atoms with Crippen LogP contribution < -0.4 is 10.0 Å². The van der Waals surface area contributed by atoms with Gasteiger partial charge in [0.25, 0.3) is 0 Å². The summed E-state index contributed by atoms with van der Waals surface area (Å²) in [6.07, 6.45) is 3.05. The van der Waals surface area contributed by atoms with E-state index in [2.05, 4.69) is 11.9 Å². The number of anilines is 1. The zero-order valence-electron chi connectivity index (χ0n) is 15.8. The molecule has 1 saturated heterocycles. The molecule has 3 rings (SSSR count). The van der Waals surface area contributed by atoms with Gasteiger partial charge in [0.15, 0.2) is 0 Å². The number of carboxylic acid groups (broad SMARTS) is 1. The zero-order valence-corrected chi connectivity index (χ0v) is 15.8. The number of benzene rings is 1. The molecule has 144 valence electrons. The Balaban J connectivity index is 1.75. The lowest BCUT2D eigenvalue weighted by molar-refractivity contribution is -0.246. The Morgan fingerprint density at radius 2 is 2.07 bits per heavy atom. The summed E-state index contributed by atoms with van der Waals surface area (Å²) in [5.41, 5.74) is 1.65. The quantitative estimate of drug-likeness (QED) is 0.747. The van der Waals surface area contributed by atoms with Crippen molar-refractivity contribution in [3.05, 3.63) is 47.8 Å². The van der Waals surface area contributed by atoms with Crippen LogP contribution in [0.2, 0.25) is 0 Å². The summed E-state index contributed by atoms with van der Waals surface area (Å²) in [4.78, 5) is 31.2. The zero-order chi connectivity index (χ0) is 19.4. The molecular formula is C20H25N4O3-. The average molecular weight is 369 g/mol. The normalized spacial score (nSPS) is 16.7. The Morgan fingerprint density at radius 1 is 1.33 bits per heavy atom. The van der Waals surface area contributed by atoms with E-state index in [0.717, 1.165) is 35.5 Å². The molecule has 1 fully saturated rings. The largest absolute Gasteiger partial charge is 0.530 e. The van der Waals surface area contributed by atoms with Crippen molar-refractivity contribution in [2.75, 3.05) is 11.4 Å². The molecule has 27 heavy (non-hydrogen) atoms. The molecule has 0 bridgehead atoms. The number of rotatable bonds is 7. The molecule has 1 aromatic heterocycles. The van der Waals surface area contributed by atoms with Crippen molar-refractivity contribution in [3.63, 3.8) is 0 Å². The SMILES string of the molecule is CCCC1CC(=O)N(Cc2cnc(N(Cc3ccccc3)C(=O)[O-])n2C)C1. The predicted molar refractivity (Wildman–Crippen MR) is 99.7 cm³/mol. The highest BCUT2D eigenvalue weighted by atomic mass is 16.4. The van der Waals surface area contributed by atoms with E-state index in [1.165, 1.54) is 0 Å². The molecule has 0 radical (unpaired) electrons. The summed E-state index contributed by atoms with van der Waals surface area (Å²) in [5.74, 6) is 0.857. The van der Waals surface area contributed by atoms with Gasteiger partial charge in [-0.15, -0.1) is 0 Å². The topological polar surface area (TPSA) is 81.5 Å². The van der Waals surface area contributed by atoms with E-state index < -0.39 is 6.09 Å². The highest BCUT2D eigenvalue weighted by Crippen LogP contribution is 2.25. The Labute approximate surface area is 159 Å². The molecule has 1 aliphatic heterocycles. The van der Waals surface area contributed by atoms with Crippen LogP contribution in [-0.4, -0.2) is 33.0 Å². The highest BCUT2D eigenvalue weighted by molar-refractivity contribution is 5.82. The molecule has 0 N–H and O–H groups in total. The fourth-order valence-electron chi connectivity index (χ4n) is 3.62. The molecule has 2 amide bonds. The molecular weight excluding hydrogens is 344 g/mol. The smallest absolute Gasteiger partial charge is 0.223 e. The summed E-state index contributed by atoms with van der Waals surface area (Å²) >= 11 is 0. The Bertz CT molecular complexity index is 803. The van der Waals surface area contributed by atoms with Crippen molar-refractivity contribution in [2.24, 2.45) is 13.0 Å². The molecule has 7 nitrogen and oxygen atoms in total. The molecule has 1 aliphatic rings. The van der Waals surface area contributed by atoms with Gasteiger partial charge in [-0.2, -0.15) is 0 Å². The molecule has 0 aliphatic carbocycles. The van der Waals surface area contributed by atoms with Crippen molar-refractivity contribution in [1.82, 2.24) is 14.5 Å². The standard InChI is InChI=1S/C20H26N4O3/c1-3-7-16-10-18(25)23(12-16)14-17-11-21-19(22(17)2)24(20(26)27)13-15-8-5-4-6-9-15/h4-6,8-9,11,16H,3,7,10,12-14H2,1-2H3,(H,26,27)/p-1. The summed E-state index contributed by atoms with van der Waals surface area (Å²) in [6.45, 7) is 3.48. The van der Waals surface area contributed by atoms with E-state index in [9.17, 15) is 14.7 Å². The van der Waals surface area contributed by atoms with Crippen LogP contribution in [0.3, 0.4) is 0 Å². The third kappa shape index (κ3) is 4.30. The maximum Gasteiger partial charge on any atom is 0.223 e. The molecule has 1 unspecified atom stereocenters. The van der Waals surface area contributed by atoms with Crippen molar-refractivity contribution in [3.8, 4) is 0 Å². The van der Waals surface area contributed by atoms with E-state index in [4.69, 9.17) is 0 Å². The van der Waals surface area contributed by atoms with Gasteiger partial charge in [0.05, 0.1) is 25.0 Å². The Kier molecular flexibility index (Phi) is 5.78. The molecule has 7 heteroatoms. The number of aromatic nitrogens is 2. The number of likely N-dealkylation sites (tertiary alicyclic amines) is 1. The van der Waals surface area contributed by atoms with Gasteiger partial charge in [0.1, 0.15) is 6.09 Å². The fourth-order valence-corrected chi connectivity index (χ4v) is 3.62.